The number of aromatic nitrogens is 2. The van der Waals surface area contributed by atoms with Crippen LogP contribution in [0.15, 0.2) is 30.3 Å². The fourth-order valence-electron chi connectivity index (χ4n) is 2.78. The van der Waals surface area contributed by atoms with Gasteiger partial charge in [-0.25, -0.2) is 9.97 Å². The predicted octanol–water partition coefficient (Wildman–Crippen LogP) is 3.22. The third kappa shape index (κ3) is 3.45. The first-order valence-electron chi connectivity index (χ1n) is 7.75. The quantitative estimate of drug-likeness (QED) is 0.935. The van der Waals surface area contributed by atoms with Crippen molar-refractivity contribution in [1.82, 2.24) is 9.97 Å². The van der Waals surface area contributed by atoms with Crippen LogP contribution in [-0.4, -0.2) is 28.5 Å². The van der Waals surface area contributed by atoms with Crippen LogP contribution < -0.4 is 10.2 Å². The molecule has 1 aliphatic rings. The van der Waals surface area contributed by atoms with Gasteiger partial charge in [0.05, 0.1) is 0 Å². The van der Waals surface area contributed by atoms with Gasteiger partial charge in [0.25, 0.3) is 0 Å². The van der Waals surface area contributed by atoms with Crippen LogP contribution in [0.5, 0.6) is 0 Å². The predicted molar refractivity (Wildman–Crippen MR) is 92.0 cm³/mol. The first-order valence-corrected chi connectivity index (χ1v) is 8.12. The fraction of sp³-hybridized carbons (Fsp3) is 0.353. The topological polar surface area (TPSA) is 58.1 Å². The van der Waals surface area contributed by atoms with Crippen molar-refractivity contribution >= 4 is 29.0 Å². The molecule has 1 saturated heterocycles. The van der Waals surface area contributed by atoms with Gasteiger partial charge in [0, 0.05) is 29.0 Å². The number of aryl methyl sites for hydroxylation is 2. The van der Waals surface area contributed by atoms with E-state index in [9.17, 15) is 4.79 Å². The van der Waals surface area contributed by atoms with Crippen molar-refractivity contribution in [2.75, 3.05) is 16.8 Å². The maximum Gasteiger partial charge on any atom is 0.249 e. The van der Waals surface area contributed by atoms with E-state index in [2.05, 4.69) is 15.3 Å². The zero-order valence-corrected chi connectivity index (χ0v) is 14.0. The first-order chi connectivity index (χ1) is 11.1. The molecule has 1 N–H and O–H groups in total. The molecule has 5 nitrogen and oxygen atoms in total. The van der Waals surface area contributed by atoms with Crippen molar-refractivity contribution < 1.29 is 4.79 Å². The van der Waals surface area contributed by atoms with Gasteiger partial charge in [0.15, 0.2) is 0 Å². The van der Waals surface area contributed by atoms with Gasteiger partial charge in [-0.3, -0.25) is 4.79 Å². The largest absolute Gasteiger partial charge is 0.358 e. The monoisotopic (exact) mass is 330 g/mol. The minimum atomic E-state index is -0.270. The number of hydrogen-bond acceptors (Lipinski definition) is 4. The lowest BCUT2D eigenvalue weighted by molar-refractivity contribution is -0.117. The Labute approximate surface area is 140 Å². The molecule has 1 fully saturated rings. The molecule has 1 aliphatic heterocycles. The Morgan fingerprint density at radius 3 is 2.91 bits per heavy atom. The van der Waals surface area contributed by atoms with E-state index in [1.54, 1.807) is 11.0 Å². The van der Waals surface area contributed by atoms with Gasteiger partial charge in [0.2, 0.25) is 5.91 Å². The SMILES string of the molecule is CCc1cc(NC2CCN(c3cccc(Cl)c3)C2=O)nc(C)n1. The summed E-state index contributed by atoms with van der Waals surface area (Å²) in [6.07, 6.45) is 1.57. The number of nitrogens with one attached hydrogen (secondary N) is 1. The number of benzene rings is 1. The summed E-state index contributed by atoms with van der Waals surface area (Å²) in [6, 6.07) is 9.00. The average Bonchev–Trinajstić information content (AvgIpc) is 2.88. The van der Waals surface area contributed by atoms with Crippen molar-refractivity contribution in [3.05, 3.63) is 46.9 Å². The molecule has 1 atom stereocenters. The maximum absolute atomic E-state index is 12.6. The third-order valence-electron chi connectivity index (χ3n) is 3.90. The summed E-state index contributed by atoms with van der Waals surface area (Å²) in [5.74, 6) is 1.46. The van der Waals surface area contributed by atoms with Gasteiger partial charge in [-0.1, -0.05) is 24.6 Å². The van der Waals surface area contributed by atoms with E-state index in [1.165, 1.54) is 0 Å². The minimum absolute atomic E-state index is 0.0431. The van der Waals surface area contributed by atoms with E-state index in [-0.39, 0.29) is 11.9 Å². The molecular formula is C17H19ClN4O. The molecule has 0 bridgehead atoms. The summed E-state index contributed by atoms with van der Waals surface area (Å²) < 4.78 is 0. The second kappa shape index (κ2) is 6.54. The molecule has 0 radical (unpaired) electrons. The van der Waals surface area contributed by atoms with Gasteiger partial charge in [-0.2, -0.15) is 0 Å². The van der Waals surface area contributed by atoms with Crippen molar-refractivity contribution in [2.24, 2.45) is 0 Å². The molecule has 1 amide bonds. The summed E-state index contributed by atoms with van der Waals surface area (Å²) in [5.41, 5.74) is 1.80. The lowest BCUT2D eigenvalue weighted by Crippen LogP contribution is -2.33. The number of nitrogens with zero attached hydrogens (tertiary/aromatic N) is 3. The molecule has 1 unspecified atom stereocenters. The van der Waals surface area contributed by atoms with Gasteiger partial charge >= 0.3 is 0 Å². The Hall–Kier alpha value is -2.14. The van der Waals surface area contributed by atoms with E-state index < -0.39 is 0 Å². The van der Waals surface area contributed by atoms with Crippen molar-refractivity contribution in [1.29, 1.82) is 0 Å². The van der Waals surface area contributed by atoms with Crippen LogP contribution in [0.2, 0.25) is 5.02 Å². The highest BCUT2D eigenvalue weighted by atomic mass is 35.5. The molecule has 3 rings (SSSR count). The number of carbonyl (C=O) groups is 1. The van der Waals surface area contributed by atoms with Gasteiger partial charge in [-0.05, 0) is 38.0 Å². The molecule has 2 heterocycles. The molecule has 1 aromatic carbocycles. The molecular weight excluding hydrogens is 312 g/mol. The zero-order chi connectivity index (χ0) is 16.4. The standard InChI is InChI=1S/C17H19ClN4O/c1-3-13-10-16(20-11(2)19-13)21-15-7-8-22(17(15)23)14-6-4-5-12(18)9-14/h4-6,9-10,15H,3,7-8H2,1-2H3,(H,19,20,21). The smallest absolute Gasteiger partial charge is 0.249 e. The van der Waals surface area contributed by atoms with Gasteiger partial charge in [-0.15, -0.1) is 0 Å². The van der Waals surface area contributed by atoms with E-state index in [1.807, 2.05) is 38.1 Å². The number of anilines is 2. The Balaban J connectivity index is 1.76. The number of halogens is 1. The molecule has 0 spiro atoms. The number of amides is 1. The highest BCUT2D eigenvalue weighted by Crippen LogP contribution is 2.25. The van der Waals surface area contributed by atoms with Crippen LogP contribution in [0.4, 0.5) is 11.5 Å². The molecule has 120 valence electrons. The van der Waals surface area contributed by atoms with Crippen molar-refractivity contribution in [3.63, 3.8) is 0 Å². The summed E-state index contributed by atoms with van der Waals surface area (Å²) in [6.45, 7) is 4.58. The van der Waals surface area contributed by atoms with Crippen LogP contribution in [0.1, 0.15) is 24.9 Å². The number of rotatable bonds is 4. The van der Waals surface area contributed by atoms with Crippen LogP contribution in [0.3, 0.4) is 0 Å². The van der Waals surface area contributed by atoms with Gasteiger partial charge < -0.3 is 10.2 Å². The molecule has 0 aliphatic carbocycles. The number of carbonyl (C=O) groups excluding carboxylic acids is 1. The Kier molecular flexibility index (Phi) is 4.48. The highest BCUT2D eigenvalue weighted by Gasteiger charge is 2.32. The Morgan fingerprint density at radius 1 is 1.35 bits per heavy atom. The fourth-order valence-corrected chi connectivity index (χ4v) is 2.96. The summed E-state index contributed by atoms with van der Waals surface area (Å²) in [7, 11) is 0. The molecule has 23 heavy (non-hydrogen) atoms. The normalized spacial score (nSPS) is 17.6. The lowest BCUT2D eigenvalue weighted by atomic mass is 10.2. The van der Waals surface area contributed by atoms with Gasteiger partial charge in [0.1, 0.15) is 17.7 Å². The maximum atomic E-state index is 12.6. The zero-order valence-electron chi connectivity index (χ0n) is 13.2. The van der Waals surface area contributed by atoms with E-state index in [0.717, 1.165) is 24.2 Å². The van der Waals surface area contributed by atoms with Crippen molar-refractivity contribution in [3.8, 4) is 0 Å². The first kappa shape index (κ1) is 15.7. The van der Waals surface area contributed by atoms with E-state index >= 15 is 0 Å². The molecule has 0 saturated carbocycles. The van der Waals surface area contributed by atoms with Crippen LogP contribution >= 0.6 is 11.6 Å². The van der Waals surface area contributed by atoms with E-state index in [4.69, 9.17) is 11.6 Å². The summed E-state index contributed by atoms with van der Waals surface area (Å²) >= 11 is 6.02. The van der Waals surface area contributed by atoms with Crippen LogP contribution in [0.25, 0.3) is 0 Å². The lowest BCUT2D eigenvalue weighted by Gasteiger charge is -2.18. The van der Waals surface area contributed by atoms with E-state index in [0.29, 0.717) is 23.2 Å². The molecule has 6 heteroatoms. The highest BCUT2D eigenvalue weighted by molar-refractivity contribution is 6.31. The summed E-state index contributed by atoms with van der Waals surface area (Å²) in [5, 5.41) is 3.88. The van der Waals surface area contributed by atoms with Crippen LogP contribution in [0, 0.1) is 6.92 Å². The number of hydrogen-bond donors (Lipinski definition) is 1. The summed E-state index contributed by atoms with van der Waals surface area (Å²) in [4.78, 5) is 23.1. The molecule has 2 aromatic rings. The Bertz CT molecular complexity index is 734. The third-order valence-corrected chi connectivity index (χ3v) is 4.14. The minimum Gasteiger partial charge on any atom is -0.358 e. The molecule has 1 aromatic heterocycles. The van der Waals surface area contributed by atoms with Crippen molar-refractivity contribution in [2.45, 2.75) is 32.7 Å². The Morgan fingerprint density at radius 2 is 2.17 bits per heavy atom. The average molecular weight is 331 g/mol. The second-order valence-corrected chi connectivity index (χ2v) is 6.04. The second-order valence-electron chi connectivity index (χ2n) is 5.60. The van der Waals surface area contributed by atoms with Crippen LogP contribution in [-0.2, 0) is 11.2 Å².